The van der Waals surface area contributed by atoms with Crippen molar-refractivity contribution in [3.63, 3.8) is 0 Å². The maximum absolute atomic E-state index is 10.4. The third-order valence-electron chi connectivity index (χ3n) is 3.74. The van der Waals surface area contributed by atoms with Crippen molar-refractivity contribution >= 4 is 0 Å². The predicted octanol–water partition coefficient (Wildman–Crippen LogP) is 0.795. The van der Waals surface area contributed by atoms with Crippen LogP contribution in [0.5, 0.6) is 0 Å². The van der Waals surface area contributed by atoms with Gasteiger partial charge in [0, 0.05) is 0 Å². The van der Waals surface area contributed by atoms with Crippen molar-refractivity contribution in [1.82, 2.24) is 5.32 Å². The van der Waals surface area contributed by atoms with Crippen LogP contribution in [0.15, 0.2) is 0 Å². The second-order valence-electron chi connectivity index (χ2n) is 4.33. The molecule has 1 heterocycles. The van der Waals surface area contributed by atoms with E-state index in [1.165, 1.54) is 0 Å². The van der Waals surface area contributed by atoms with Gasteiger partial charge in [0.1, 0.15) is 0 Å². The Morgan fingerprint density at radius 1 is 1.15 bits per heavy atom. The summed E-state index contributed by atoms with van der Waals surface area (Å²) in [6, 6.07) is 2.35. The van der Waals surface area contributed by atoms with Crippen LogP contribution in [-0.4, -0.2) is 23.8 Å². The lowest BCUT2D eigenvalue weighted by Gasteiger charge is -2.50. The van der Waals surface area contributed by atoms with Gasteiger partial charge in [0.2, 0.25) is 0 Å². The molecule has 0 aromatic heterocycles. The second kappa shape index (κ2) is 2.97. The number of nitriles is 1. The Hall–Kier alpha value is -0.590. The standard InChI is InChI=1S/C10H16N2O/c11-8-9(2-1-3-9)10(13)4-6-12-7-5-10/h12-13H,1-7H2. The van der Waals surface area contributed by atoms with E-state index in [1.807, 2.05) is 0 Å². The van der Waals surface area contributed by atoms with Gasteiger partial charge in [-0.05, 0) is 38.8 Å². The smallest absolute Gasteiger partial charge is 0.0861 e. The molecule has 13 heavy (non-hydrogen) atoms. The number of nitrogens with one attached hydrogen (secondary N) is 1. The van der Waals surface area contributed by atoms with E-state index >= 15 is 0 Å². The van der Waals surface area contributed by atoms with E-state index < -0.39 is 11.0 Å². The fraction of sp³-hybridized carbons (Fsp3) is 0.900. The van der Waals surface area contributed by atoms with E-state index in [0.717, 1.165) is 45.2 Å². The van der Waals surface area contributed by atoms with Gasteiger partial charge in [-0.15, -0.1) is 0 Å². The molecule has 2 rings (SSSR count). The summed E-state index contributed by atoms with van der Waals surface area (Å²) in [5.41, 5.74) is -1.11. The number of hydrogen-bond acceptors (Lipinski definition) is 3. The monoisotopic (exact) mass is 180 g/mol. The molecule has 3 nitrogen and oxygen atoms in total. The molecule has 0 radical (unpaired) electrons. The number of rotatable bonds is 1. The molecule has 0 atom stereocenters. The van der Waals surface area contributed by atoms with E-state index in [2.05, 4.69) is 11.4 Å². The van der Waals surface area contributed by atoms with Gasteiger partial charge in [-0.2, -0.15) is 5.26 Å². The molecule has 0 amide bonds. The van der Waals surface area contributed by atoms with Crippen molar-refractivity contribution in [2.45, 2.75) is 37.7 Å². The highest BCUT2D eigenvalue weighted by Crippen LogP contribution is 2.52. The molecular formula is C10H16N2O. The third kappa shape index (κ3) is 1.17. The van der Waals surface area contributed by atoms with Crippen LogP contribution in [0, 0.1) is 16.7 Å². The fourth-order valence-corrected chi connectivity index (χ4v) is 2.53. The van der Waals surface area contributed by atoms with Gasteiger partial charge in [0.25, 0.3) is 0 Å². The average molecular weight is 180 g/mol. The average Bonchev–Trinajstić information content (AvgIpc) is 2.04. The maximum Gasteiger partial charge on any atom is 0.0861 e. The third-order valence-corrected chi connectivity index (χ3v) is 3.74. The van der Waals surface area contributed by atoms with E-state index in [0.29, 0.717) is 0 Å². The summed E-state index contributed by atoms with van der Waals surface area (Å²) in [6.45, 7) is 1.69. The summed E-state index contributed by atoms with van der Waals surface area (Å²) in [5, 5.41) is 22.7. The Labute approximate surface area is 78.7 Å². The zero-order chi connectivity index (χ0) is 9.36. The molecule has 2 fully saturated rings. The van der Waals surface area contributed by atoms with Crippen LogP contribution in [0.1, 0.15) is 32.1 Å². The molecule has 0 bridgehead atoms. The normalized spacial score (nSPS) is 30.2. The topological polar surface area (TPSA) is 56.0 Å². The first kappa shape index (κ1) is 8.98. The van der Waals surface area contributed by atoms with Crippen LogP contribution in [0.3, 0.4) is 0 Å². The lowest BCUT2D eigenvalue weighted by molar-refractivity contribution is -0.112. The highest BCUT2D eigenvalue weighted by Gasteiger charge is 2.54. The van der Waals surface area contributed by atoms with Crippen molar-refractivity contribution in [2.24, 2.45) is 5.41 Å². The molecule has 0 unspecified atom stereocenters. The van der Waals surface area contributed by atoms with Crippen molar-refractivity contribution in [3.05, 3.63) is 0 Å². The maximum atomic E-state index is 10.4. The molecule has 72 valence electrons. The van der Waals surface area contributed by atoms with E-state index in [4.69, 9.17) is 5.26 Å². The highest BCUT2D eigenvalue weighted by molar-refractivity contribution is 5.16. The molecule has 2 N–H and O–H groups in total. The zero-order valence-corrected chi connectivity index (χ0v) is 7.84. The summed E-state index contributed by atoms with van der Waals surface area (Å²) in [7, 11) is 0. The summed E-state index contributed by atoms with van der Waals surface area (Å²) >= 11 is 0. The van der Waals surface area contributed by atoms with Crippen LogP contribution in [0.2, 0.25) is 0 Å². The summed E-state index contributed by atoms with van der Waals surface area (Å²) in [5.74, 6) is 0. The van der Waals surface area contributed by atoms with Crippen molar-refractivity contribution in [1.29, 1.82) is 5.26 Å². The summed E-state index contributed by atoms with van der Waals surface area (Å²) in [4.78, 5) is 0. The van der Waals surface area contributed by atoms with Crippen LogP contribution in [-0.2, 0) is 0 Å². The number of hydrogen-bond donors (Lipinski definition) is 2. The minimum atomic E-state index is -0.703. The Morgan fingerprint density at radius 3 is 2.15 bits per heavy atom. The van der Waals surface area contributed by atoms with Crippen LogP contribution in [0.4, 0.5) is 0 Å². The van der Waals surface area contributed by atoms with Crippen molar-refractivity contribution < 1.29 is 5.11 Å². The molecule has 1 saturated heterocycles. The first-order chi connectivity index (χ1) is 6.22. The van der Waals surface area contributed by atoms with E-state index in [-0.39, 0.29) is 0 Å². The van der Waals surface area contributed by atoms with Crippen molar-refractivity contribution in [3.8, 4) is 6.07 Å². The van der Waals surface area contributed by atoms with Gasteiger partial charge in [-0.1, -0.05) is 6.42 Å². The Balaban J connectivity index is 2.16. The molecule has 2 aliphatic rings. The number of aliphatic hydroxyl groups is 1. The molecule has 3 heteroatoms. The minimum Gasteiger partial charge on any atom is -0.388 e. The lowest BCUT2D eigenvalue weighted by atomic mass is 9.57. The van der Waals surface area contributed by atoms with E-state index in [1.54, 1.807) is 0 Å². The lowest BCUT2D eigenvalue weighted by Crippen LogP contribution is -2.56. The molecule has 0 spiro atoms. The summed E-state index contributed by atoms with van der Waals surface area (Å²) in [6.07, 6.45) is 4.35. The largest absolute Gasteiger partial charge is 0.388 e. The minimum absolute atomic E-state index is 0.408. The SMILES string of the molecule is N#CC1(C2(O)CCNCC2)CCC1. The number of nitrogens with zero attached hydrogens (tertiary/aromatic N) is 1. The first-order valence-corrected chi connectivity index (χ1v) is 5.07. The molecule has 1 aliphatic carbocycles. The van der Waals surface area contributed by atoms with E-state index in [9.17, 15) is 5.11 Å². The first-order valence-electron chi connectivity index (χ1n) is 5.07. The molecule has 0 aromatic carbocycles. The van der Waals surface area contributed by atoms with Gasteiger partial charge < -0.3 is 10.4 Å². The quantitative estimate of drug-likeness (QED) is 0.627. The molecule has 0 aromatic rings. The Morgan fingerprint density at radius 2 is 1.77 bits per heavy atom. The Kier molecular flexibility index (Phi) is 2.05. The number of piperidine rings is 1. The molecule has 1 saturated carbocycles. The van der Waals surface area contributed by atoms with Gasteiger partial charge in [-0.25, -0.2) is 0 Å². The second-order valence-corrected chi connectivity index (χ2v) is 4.33. The van der Waals surface area contributed by atoms with Crippen molar-refractivity contribution in [2.75, 3.05) is 13.1 Å². The van der Waals surface area contributed by atoms with Crippen LogP contribution < -0.4 is 5.32 Å². The molecular weight excluding hydrogens is 164 g/mol. The van der Waals surface area contributed by atoms with Gasteiger partial charge >= 0.3 is 0 Å². The van der Waals surface area contributed by atoms with Crippen LogP contribution in [0.25, 0.3) is 0 Å². The highest BCUT2D eigenvalue weighted by atomic mass is 16.3. The summed E-state index contributed by atoms with van der Waals surface area (Å²) < 4.78 is 0. The Bertz CT molecular complexity index is 234. The van der Waals surface area contributed by atoms with Gasteiger partial charge in [0.05, 0.1) is 17.1 Å². The fourth-order valence-electron chi connectivity index (χ4n) is 2.53. The van der Waals surface area contributed by atoms with Crippen LogP contribution >= 0.6 is 0 Å². The van der Waals surface area contributed by atoms with Gasteiger partial charge in [-0.3, -0.25) is 0 Å². The zero-order valence-electron chi connectivity index (χ0n) is 7.84. The van der Waals surface area contributed by atoms with Gasteiger partial charge in [0.15, 0.2) is 0 Å². The molecule has 1 aliphatic heterocycles. The predicted molar refractivity (Wildman–Crippen MR) is 49.0 cm³/mol.